The molecule has 1 N–H and O–H groups in total. The number of nitrogens with zero attached hydrogens (tertiary/aromatic N) is 2. The van der Waals surface area contributed by atoms with Gasteiger partial charge in [0.1, 0.15) is 0 Å². The Labute approximate surface area is 174 Å². The van der Waals surface area contributed by atoms with E-state index in [-0.39, 0.29) is 18.0 Å². The Kier molecular flexibility index (Phi) is 6.63. The Balaban J connectivity index is 1.40. The normalized spacial score (nSPS) is 20.1. The number of piperazine rings is 1. The minimum Gasteiger partial charge on any atom is -0.344 e. The Morgan fingerprint density at radius 1 is 0.862 bits per heavy atom. The van der Waals surface area contributed by atoms with Crippen LogP contribution in [0.3, 0.4) is 0 Å². The maximum atomic E-state index is 13.2. The molecule has 4 nitrogen and oxygen atoms in total. The summed E-state index contributed by atoms with van der Waals surface area (Å²) in [7, 11) is 0. The third-order valence-corrected chi connectivity index (χ3v) is 6.67. The lowest BCUT2D eigenvalue weighted by molar-refractivity contribution is -0.127. The van der Waals surface area contributed by atoms with Crippen LogP contribution in [-0.2, 0) is 4.79 Å². The minimum atomic E-state index is -0.118. The van der Waals surface area contributed by atoms with Gasteiger partial charge < -0.3 is 5.32 Å². The third-order valence-electron chi connectivity index (χ3n) is 6.67. The zero-order chi connectivity index (χ0) is 20.1. The first-order valence-corrected chi connectivity index (χ1v) is 11.1. The van der Waals surface area contributed by atoms with Gasteiger partial charge in [-0.1, -0.05) is 73.5 Å². The van der Waals surface area contributed by atoms with E-state index in [2.05, 4.69) is 39.4 Å². The first kappa shape index (κ1) is 20.1. The van der Waals surface area contributed by atoms with Crippen LogP contribution in [0.5, 0.6) is 0 Å². The SMILES string of the molecule is CC(C(=O)NC(c1ccccc1)c1ccccc1)N1CCN(C2CCCC2)CC1. The molecular weight excluding hydrogens is 358 g/mol. The quantitative estimate of drug-likeness (QED) is 0.813. The monoisotopic (exact) mass is 391 g/mol. The zero-order valence-corrected chi connectivity index (χ0v) is 17.5. The minimum absolute atomic E-state index is 0.108. The van der Waals surface area contributed by atoms with Crippen molar-refractivity contribution < 1.29 is 4.79 Å². The predicted octanol–water partition coefficient (Wildman–Crippen LogP) is 3.84. The van der Waals surface area contributed by atoms with E-state index in [0.29, 0.717) is 0 Å². The number of benzene rings is 2. The molecule has 4 heteroatoms. The molecule has 0 bridgehead atoms. The summed E-state index contributed by atoms with van der Waals surface area (Å²) in [6, 6.07) is 21.0. The molecule has 1 unspecified atom stereocenters. The van der Waals surface area contributed by atoms with Crippen LogP contribution in [0.15, 0.2) is 60.7 Å². The lowest BCUT2D eigenvalue weighted by Gasteiger charge is -2.40. The van der Waals surface area contributed by atoms with Crippen molar-refractivity contribution in [1.82, 2.24) is 15.1 Å². The molecule has 2 aromatic rings. The smallest absolute Gasteiger partial charge is 0.237 e. The van der Waals surface area contributed by atoms with Crippen LogP contribution in [0, 0.1) is 0 Å². The Hall–Kier alpha value is -2.17. The van der Waals surface area contributed by atoms with E-state index in [1.807, 2.05) is 43.3 Å². The second-order valence-electron chi connectivity index (χ2n) is 8.45. The van der Waals surface area contributed by atoms with Crippen molar-refractivity contribution in [1.29, 1.82) is 0 Å². The van der Waals surface area contributed by atoms with E-state index in [0.717, 1.165) is 43.3 Å². The number of rotatable bonds is 6. The molecule has 4 rings (SSSR count). The fraction of sp³-hybridized carbons (Fsp3) is 0.480. The fourth-order valence-electron chi connectivity index (χ4n) is 4.84. The van der Waals surface area contributed by atoms with E-state index in [1.54, 1.807) is 0 Å². The highest BCUT2D eigenvalue weighted by molar-refractivity contribution is 5.82. The second-order valence-corrected chi connectivity index (χ2v) is 8.45. The molecule has 29 heavy (non-hydrogen) atoms. The van der Waals surface area contributed by atoms with Crippen molar-refractivity contribution in [2.75, 3.05) is 26.2 Å². The van der Waals surface area contributed by atoms with Gasteiger partial charge >= 0.3 is 0 Å². The highest BCUT2D eigenvalue weighted by Gasteiger charge is 2.30. The van der Waals surface area contributed by atoms with Crippen molar-refractivity contribution in [3.63, 3.8) is 0 Å². The van der Waals surface area contributed by atoms with Crippen molar-refractivity contribution in [3.8, 4) is 0 Å². The summed E-state index contributed by atoms with van der Waals surface area (Å²) in [5.74, 6) is 0.108. The molecular formula is C25H33N3O. The summed E-state index contributed by atoms with van der Waals surface area (Å²) in [5.41, 5.74) is 2.23. The molecule has 1 saturated carbocycles. The second kappa shape index (κ2) is 9.55. The first-order valence-electron chi connectivity index (χ1n) is 11.1. The highest BCUT2D eigenvalue weighted by Crippen LogP contribution is 2.25. The van der Waals surface area contributed by atoms with Crippen molar-refractivity contribution >= 4 is 5.91 Å². The lowest BCUT2D eigenvalue weighted by Crippen LogP contribution is -2.55. The molecule has 1 aliphatic heterocycles. The molecule has 2 fully saturated rings. The summed E-state index contributed by atoms with van der Waals surface area (Å²) in [4.78, 5) is 18.2. The molecule has 0 radical (unpaired) electrons. The van der Waals surface area contributed by atoms with Gasteiger partial charge in [0, 0.05) is 32.2 Å². The topological polar surface area (TPSA) is 35.6 Å². The third kappa shape index (κ3) is 4.88. The number of hydrogen-bond donors (Lipinski definition) is 1. The Morgan fingerprint density at radius 3 is 1.90 bits per heavy atom. The molecule has 0 aromatic heterocycles. The van der Waals surface area contributed by atoms with Gasteiger partial charge in [-0.25, -0.2) is 0 Å². The molecule has 0 spiro atoms. The number of carbonyl (C=O) groups excluding carboxylic acids is 1. The summed E-state index contributed by atoms with van der Waals surface area (Å²) in [6.07, 6.45) is 5.46. The van der Waals surface area contributed by atoms with Crippen LogP contribution in [0.25, 0.3) is 0 Å². The van der Waals surface area contributed by atoms with Crippen LogP contribution in [0.1, 0.15) is 49.8 Å². The predicted molar refractivity (Wildman–Crippen MR) is 118 cm³/mol. The van der Waals surface area contributed by atoms with Gasteiger partial charge in [-0.15, -0.1) is 0 Å². The average molecular weight is 392 g/mol. The first-order chi connectivity index (χ1) is 14.2. The Morgan fingerprint density at radius 2 is 1.38 bits per heavy atom. The van der Waals surface area contributed by atoms with E-state index in [4.69, 9.17) is 0 Å². The number of carbonyl (C=O) groups is 1. The van der Waals surface area contributed by atoms with Crippen LogP contribution < -0.4 is 5.32 Å². The van der Waals surface area contributed by atoms with Crippen LogP contribution in [-0.4, -0.2) is 54.0 Å². The maximum Gasteiger partial charge on any atom is 0.237 e. The summed E-state index contributed by atoms with van der Waals surface area (Å²) in [6.45, 7) is 6.18. The summed E-state index contributed by atoms with van der Waals surface area (Å²) >= 11 is 0. The van der Waals surface area contributed by atoms with Gasteiger partial charge in [-0.05, 0) is 30.9 Å². The number of nitrogens with one attached hydrogen (secondary N) is 1. The van der Waals surface area contributed by atoms with Gasteiger partial charge in [0.25, 0.3) is 0 Å². The van der Waals surface area contributed by atoms with Crippen LogP contribution in [0.2, 0.25) is 0 Å². The van der Waals surface area contributed by atoms with Gasteiger partial charge in [0.15, 0.2) is 0 Å². The zero-order valence-electron chi connectivity index (χ0n) is 17.5. The van der Waals surface area contributed by atoms with Gasteiger partial charge in [-0.2, -0.15) is 0 Å². The largest absolute Gasteiger partial charge is 0.344 e. The van der Waals surface area contributed by atoms with E-state index >= 15 is 0 Å². The van der Waals surface area contributed by atoms with Crippen molar-refractivity contribution in [2.24, 2.45) is 0 Å². The average Bonchev–Trinajstić information content (AvgIpc) is 3.33. The Bertz CT molecular complexity index is 726. The lowest BCUT2D eigenvalue weighted by atomic mass is 9.98. The van der Waals surface area contributed by atoms with Crippen LogP contribution >= 0.6 is 0 Å². The molecule has 2 aliphatic rings. The number of amides is 1. The van der Waals surface area contributed by atoms with E-state index < -0.39 is 0 Å². The molecule has 1 aliphatic carbocycles. The summed E-state index contributed by atoms with van der Waals surface area (Å²) in [5, 5.41) is 3.32. The van der Waals surface area contributed by atoms with Crippen LogP contribution in [0.4, 0.5) is 0 Å². The van der Waals surface area contributed by atoms with E-state index in [9.17, 15) is 4.79 Å². The fourth-order valence-corrected chi connectivity index (χ4v) is 4.84. The molecule has 2 aromatic carbocycles. The van der Waals surface area contributed by atoms with Crippen molar-refractivity contribution in [2.45, 2.75) is 50.7 Å². The molecule has 1 saturated heterocycles. The molecule has 1 amide bonds. The van der Waals surface area contributed by atoms with E-state index in [1.165, 1.54) is 25.7 Å². The van der Waals surface area contributed by atoms with Gasteiger partial charge in [0.05, 0.1) is 12.1 Å². The van der Waals surface area contributed by atoms with Gasteiger partial charge in [0.2, 0.25) is 5.91 Å². The molecule has 1 heterocycles. The maximum absolute atomic E-state index is 13.2. The highest BCUT2D eigenvalue weighted by atomic mass is 16.2. The van der Waals surface area contributed by atoms with Crippen molar-refractivity contribution in [3.05, 3.63) is 71.8 Å². The number of hydrogen-bond acceptors (Lipinski definition) is 3. The molecule has 154 valence electrons. The van der Waals surface area contributed by atoms with Gasteiger partial charge in [-0.3, -0.25) is 14.6 Å². The molecule has 1 atom stereocenters. The standard InChI is InChI=1S/C25H33N3O/c1-20(27-16-18-28(19-17-27)23-14-8-9-15-23)25(29)26-24(21-10-4-2-5-11-21)22-12-6-3-7-13-22/h2-7,10-13,20,23-24H,8-9,14-19H2,1H3,(H,26,29). The summed E-state index contributed by atoms with van der Waals surface area (Å²) < 4.78 is 0.